The van der Waals surface area contributed by atoms with Crippen LogP contribution >= 0.6 is 0 Å². The summed E-state index contributed by atoms with van der Waals surface area (Å²) < 4.78 is 14.5. The van der Waals surface area contributed by atoms with Crippen LogP contribution in [0.4, 0.5) is 15.9 Å². The molecule has 6 heteroatoms. The average Bonchev–Trinajstić information content (AvgIpc) is 2.92. The predicted octanol–water partition coefficient (Wildman–Crippen LogP) is 3.56. The largest absolute Gasteiger partial charge is 0.393 e. The number of anilines is 1. The Bertz CT molecular complexity index is 882. The summed E-state index contributed by atoms with van der Waals surface area (Å²) in [5, 5.41) is 14.7. The van der Waals surface area contributed by atoms with Gasteiger partial charge in [0, 0.05) is 0 Å². The Morgan fingerprint density at radius 2 is 1.83 bits per heavy atom. The standard InChI is InChI=1S/C18H15FN4O/c1-21-17-16(13-7-9-14(19)10-8-13)22-23(18(17)20)11-15(24)12-5-3-2-4-6-12/h2-10,15,24H,11,20H2. The van der Waals surface area contributed by atoms with Crippen LogP contribution in [-0.2, 0) is 6.54 Å². The monoisotopic (exact) mass is 322 g/mol. The molecular weight excluding hydrogens is 307 g/mol. The van der Waals surface area contributed by atoms with Crippen LogP contribution in [-0.4, -0.2) is 14.9 Å². The molecule has 0 aliphatic heterocycles. The number of nitrogen functional groups attached to an aromatic ring is 1. The van der Waals surface area contributed by atoms with E-state index >= 15 is 0 Å². The molecule has 3 aromatic rings. The molecule has 0 bridgehead atoms. The number of halogens is 1. The number of aliphatic hydroxyl groups is 1. The van der Waals surface area contributed by atoms with Crippen LogP contribution in [0.3, 0.4) is 0 Å². The zero-order valence-corrected chi connectivity index (χ0v) is 12.7. The molecular formula is C18H15FN4O. The van der Waals surface area contributed by atoms with Crippen LogP contribution in [0.5, 0.6) is 0 Å². The molecule has 24 heavy (non-hydrogen) atoms. The summed E-state index contributed by atoms with van der Waals surface area (Å²) in [6.07, 6.45) is -0.798. The fourth-order valence-electron chi connectivity index (χ4n) is 2.46. The van der Waals surface area contributed by atoms with Gasteiger partial charge in [-0.1, -0.05) is 42.5 Å². The SMILES string of the molecule is [C-]#[N+]c1c(-c2ccc(F)cc2)nn(CC(O)c2ccccc2)c1N. The minimum atomic E-state index is -0.798. The second kappa shape index (κ2) is 6.52. The number of hydrogen-bond donors (Lipinski definition) is 2. The normalized spacial score (nSPS) is 11.9. The lowest BCUT2D eigenvalue weighted by atomic mass is 10.1. The van der Waals surface area contributed by atoms with Gasteiger partial charge in [-0.2, -0.15) is 5.10 Å². The van der Waals surface area contributed by atoms with Crippen molar-refractivity contribution in [3.8, 4) is 11.3 Å². The predicted molar refractivity (Wildman–Crippen MR) is 89.7 cm³/mol. The Morgan fingerprint density at radius 3 is 2.46 bits per heavy atom. The van der Waals surface area contributed by atoms with E-state index < -0.39 is 6.10 Å². The molecule has 2 aromatic carbocycles. The molecule has 0 saturated carbocycles. The van der Waals surface area contributed by atoms with Crippen LogP contribution in [0, 0.1) is 12.4 Å². The highest BCUT2D eigenvalue weighted by atomic mass is 19.1. The number of nitrogens with zero attached hydrogens (tertiary/aromatic N) is 3. The first-order valence-electron chi connectivity index (χ1n) is 7.33. The van der Waals surface area contributed by atoms with Gasteiger partial charge in [-0.15, -0.1) is 0 Å². The fraction of sp³-hybridized carbons (Fsp3) is 0.111. The second-order valence-electron chi connectivity index (χ2n) is 5.31. The van der Waals surface area contributed by atoms with Gasteiger partial charge in [0.15, 0.2) is 0 Å². The van der Waals surface area contributed by atoms with Crippen molar-refractivity contribution in [1.29, 1.82) is 0 Å². The lowest BCUT2D eigenvalue weighted by Crippen LogP contribution is -2.12. The van der Waals surface area contributed by atoms with Gasteiger partial charge in [0.2, 0.25) is 0 Å². The Balaban J connectivity index is 1.95. The average molecular weight is 322 g/mol. The molecule has 5 nitrogen and oxygen atoms in total. The molecule has 0 amide bonds. The van der Waals surface area contributed by atoms with Crippen molar-refractivity contribution in [1.82, 2.24) is 9.78 Å². The zero-order valence-electron chi connectivity index (χ0n) is 12.7. The second-order valence-corrected chi connectivity index (χ2v) is 5.31. The Morgan fingerprint density at radius 1 is 1.17 bits per heavy atom. The van der Waals surface area contributed by atoms with E-state index in [1.807, 2.05) is 18.2 Å². The molecule has 3 rings (SSSR count). The molecule has 3 N–H and O–H groups in total. The van der Waals surface area contributed by atoms with E-state index in [0.717, 1.165) is 5.56 Å². The summed E-state index contributed by atoms with van der Waals surface area (Å²) in [4.78, 5) is 3.44. The third-order valence-electron chi connectivity index (χ3n) is 3.73. The van der Waals surface area contributed by atoms with Gasteiger partial charge in [-0.3, -0.25) is 4.68 Å². The van der Waals surface area contributed by atoms with Gasteiger partial charge in [0.05, 0.1) is 19.2 Å². The zero-order chi connectivity index (χ0) is 17.1. The minimum Gasteiger partial charge on any atom is -0.393 e. The third kappa shape index (κ3) is 2.98. The lowest BCUT2D eigenvalue weighted by molar-refractivity contribution is 0.152. The molecule has 0 spiro atoms. The first-order chi connectivity index (χ1) is 11.6. The molecule has 0 saturated heterocycles. The van der Waals surface area contributed by atoms with Crippen molar-refractivity contribution in [2.24, 2.45) is 0 Å². The third-order valence-corrected chi connectivity index (χ3v) is 3.73. The van der Waals surface area contributed by atoms with Crippen molar-refractivity contribution in [3.63, 3.8) is 0 Å². The van der Waals surface area contributed by atoms with Gasteiger partial charge in [-0.25, -0.2) is 9.24 Å². The number of aromatic nitrogens is 2. The summed E-state index contributed by atoms with van der Waals surface area (Å²) in [7, 11) is 0. The van der Waals surface area contributed by atoms with E-state index in [9.17, 15) is 9.50 Å². The van der Waals surface area contributed by atoms with E-state index in [1.54, 1.807) is 24.3 Å². The number of hydrogen-bond acceptors (Lipinski definition) is 3. The smallest absolute Gasteiger partial charge is 0.254 e. The lowest BCUT2D eigenvalue weighted by Gasteiger charge is -2.12. The maximum atomic E-state index is 13.1. The van der Waals surface area contributed by atoms with Gasteiger partial charge < -0.3 is 10.8 Å². The molecule has 1 aromatic heterocycles. The van der Waals surface area contributed by atoms with Gasteiger partial charge >= 0.3 is 0 Å². The van der Waals surface area contributed by atoms with E-state index in [1.165, 1.54) is 16.8 Å². The van der Waals surface area contributed by atoms with Gasteiger partial charge in [0.25, 0.3) is 5.69 Å². The molecule has 0 radical (unpaired) electrons. The van der Waals surface area contributed by atoms with E-state index in [-0.39, 0.29) is 23.9 Å². The van der Waals surface area contributed by atoms with E-state index in [0.29, 0.717) is 11.3 Å². The maximum absolute atomic E-state index is 13.1. The van der Waals surface area contributed by atoms with Crippen LogP contribution in [0.1, 0.15) is 11.7 Å². The van der Waals surface area contributed by atoms with Crippen molar-refractivity contribution in [2.45, 2.75) is 12.6 Å². The van der Waals surface area contributed by atoms with Crippen LogP contribution in [0.15, 0.2) is 54.6 Å². The highest BCUT2D eigenvalue weighted by Gasteiger charge is 2.19. The molecule has 1 atom stereocenters. The van der Waals surface area contributed by atoms with Crippen LogP contribution in [0.25, 0.3) is 16.1 Å². The molecule has 1 heterocycles. The minimum absolute atomic E-state index is 0.125. The first kappa shape index (κ1) is 15.7. The molecule has 1 unspecified atom stereocenters. The molecule has 0 aliphatic carbocycles. The quantitative estimate of drug-likeness (QED) is 0.722. The van der Waals surface area contributed by atoms with Crippen LogP contribution in [0.2, 0.25) is 0 Å². The number of benzene rings is 2. The topological polar surface area (TPSA) is 68.4 Å². The van der Waals surface area contributed by atoms with Crippen molar-refractivity contribution in [2.75, 3.05) is 5.73 Å². The summed E-state index contributed by atoms with van der Waals surface area (Å²) >= 11 is 0. The Labute approximate surface area is 138 Å². The highest BCUT2D eigenvalue weighted by molar-refractivity contribution is 5.83. The number of aliphatic hydroxyl groups excluding tert-OH is 1. The van der Waals surface area contributed by atoms with E-state index in [2.05, 4.69) is 9.94 Å². The maximum Gasteiger partial charge on any atom is 0.254 e. The highest BCUT2D eigenvalue weighted by Crippen LogP contribution is 2.35. The molecule has 120 valence electrons. The van der Waals surface area contributed by atoms with Crippen LogP contribution < -0.4 is 5.73 Å². The van der Waals surface area contributed by atoms with Crippen molar-refractivity contribution < 1.29 is 9.50 Å². The Kier molecular flexibility index (Phi) is 4.27. The number of nitrogens with two attached hydrogens (primary N) is 1. The summed E-state index contributed by atoms with van der Waals surface area (Å²) in [5.41, 5.74) is 7.92. The van der Waals surface area contributed by atoms with Gasteiger partial charge in [-0.05, 0) is 23.3 Å². The molecule has 0 fully saturated rings. The molecule has 0 aliphatic rings. The summed E-state index contributed by atoms with van der Waals surface area (Å²) in [6.45, 7) is 7.46. The van der Waals surface area contributed by atoms with Crippen molar-refractivity contribution >= 4 is 11.5 Å². The van der Waals surface area contributed by atoms with E-state index in [4.69, 9.17) is 12.3 Å². The summed E-state index contributed by atoms with van der Waals surface area (Å²) in [5.74, 6) is -0.186. The Hall–Kier alpha value is -3.17. The first-order valence-corrected chi connectivity index (χ1v) is 7.33. The van der Waals surface area contributed by atoms with Crippen molar-refractivity contribution in [3.05, 3.63) is 77.4 Å². The van der Waals surface area contributed by atoms with Gasteiger partial charge in [0.1, 0.15) is 17.3 Å². The number of rotatable bonds is 4. The summed E-state index contributed by atoms with van der Waals surface area (Å²) in [6, 6.07) is 14.8. The fourth-order valence-corrected chi connectivity index (χ4v) is 2.46.